The number of carbonyl (C=O) groups excluding carboxylic acids is 2. The summed E-state index contributed by atoms with van der Waals surface area (Å²) in [7, 11) is 0. The number of para-hydroxylation sites is 1. The summed E-state index contributed by atoms with van der Waals surface area (Å²) >= 11 is 0. The van der Waals surface area contributed by atoms with E-state index in [-0.39, 0.29) is 19.1 Å². The van der Waals surface area contributed by atoms with Crippen LogP contribution in [0, 0.1) is 5.92 Å². The van der Waals surface area contributed by atoms with E-state index in [2.05, 4.69) is 5.10 Å². The van der Waals surface area contributed by atoms with E-state index in [1.807, 2.05) is 72.8 Å². The lowest BCUT2D eigenvalue weighted by Gasteiger charge is -2.28. The highest BCUT2D eigenvalue weighted by Crippen LogP contribution is 2.45. The molecule has 0 unspecified atom stereocenters. The van der Waals surface area contributed by atoms with E-state index in [0.29, 0.717) is 36.2 Å². The molecule has 194 valence electrons. The highest BCUT2D eigenvalue weighted by molar-refractivity contribution is 6.09. The topological polar surface area (TPSA) is 93.4 Å². The number of rotatable bonds is 8. The van der Waals surface area contributed by atoms with Gasteiger partial charge < -0.3 is 15.1 Å². The van der Waals surface area contributed by atoms with Crippen LogP contribution in [0.25, 0.3) is 0 Å². The predicted molar refractivity (Wildman–Crippen MR) is 148 cm³/mol. The van der Waals surface area contributed by atoms with E-state index in [1.165, 1.54) is 5.01 Å². The Bertz CT molecular complexity index is 1400. The Balaban J connectivity index is 1.44. The number of nitrogens with zero attached hydrogens (tertiary/aromatic N) is 3. The number of fused-ring (bicyclic) bond motifs is 1. The molecular weight excluding hydrogens is 478 g/mol. The molecule has 5 rings (SSSR count). The summed E-state index contributed by atoms with van der Waals surface area (Å²) in [6.45, 7) is 2.04. The largest absolute Gasteiger partial charge is 0.396 e. The standard InChI is InChI=1S/C31H31N3O4/c1-22(10-7-8-19-35)31(38)26-15-5-6-16-28(26)33(30(31)37)21-23-11-9-14-25(20-23)34-29(36)18-17-27(32-34)24-12-3-2-4-13-24/h2-7,9-16,20,22,35,38H,8,17-19,21H2,1H3/b10-7+/t22-,31+/m1/s1. The van der Waals surface area contributed by atoms with E-state index in [0.717, 1.165) is 16.8 Å². The average Bonchev–Trinajstić information content (AvgIpc) is 3.17. The molecule has 0 bridgehead atoms. The molecule has 2 atom stereocenters. The highest BCUT2D eigenvalue weighted by atomic mass is 16.3. The number of aliphatic hydroxyl groups is 2. The second kappa shape index (κ2) is 10.7. The van der Waals surface area contributed by atoms with Crippen LogP contribution in [-0.4, -0.2) is 34.3 Å². The van der Waals surface area contributed by atoms with Crippen molar-refractivity contribution >= 4 is 28.9 Å². The van der Waals surface area contributed by atoms with E-state index in [4.69, 9.17) is 5.11 Å². The summed E-state index contributed by atoms with van der Waals surface area (Å²) in [5.74, 6) is -0.971. The van der Waals surface area contributed by atoms with Crippen LogP contribution in [0.3, 0.4) is 0 Å². The van der Waals surface area contributed by atoms with Gasteiger partial charge in [0.15, 0.2) is 5.60 Å². The Kier molecular flexibility index (Phi) is 7.22. The van der Waals surface area contributed by atoms with Gasteiger partial charge in [-0.25, -0.2) is 5.01 Å². The maximum absolute atomic E-state index is 13.7. The second-order valence-corrected chi connectivity index (χ2v) is 9.69. The minimum absolute atomic E-state index is 0.00502. The van der Waals surface area contributed by atoms with Crippen molar-refractivity contribution in [2.75, 3.05) is 16.5 Å². The zero-order valence-electron chi connectivity index (χ0n) is 21.3. The number of aliphatic hydroxyl groups excluding tert-OH is 1. The van der Waals surface area contributed by atoms with E-state index >= 15 is 0 Å². The number of hydrazone groups is 1. The third-order valence-corrected chi connectivity index (χ3v) is 7.19. The predicted octanol–water partition coefficient (Wildman–Crippen LogP) is 4.53. The molecule has 38 heavy (non-hydrogen) atoms. The Morgan fingerprint density at radius 2 is 1.76 bits per heavy atom. The lowest BCUT2D eigenvalue weighted by Crippen LogP contribution is -2.44. The fraction of sp³-hybridized carbons (Fsp3) is 0.258. The van der Waals surface area contributed by atoms with Crippen LogP contribution in [0.1, 0.15) is 42.9 Å². The van der Waals surface area contributed by atoms with Gasteiger partial charge in [0.05, 0.1) is 23.6 Å². The van der Waals surface area contributed by atoms with Gasteiger partial charge in [0.25, 0.3) is 5.91 Å². The number of carbonyl (C=O) groups is 2. The highest BCUT2D eigenvalue weighted by Gasteiger charge is 2.52. The fourth-order valence-corrected chi connectivity index (χ4v) is 5.13. The lowest BCUT2D eigenvalue weighted by molar-refractivity contribution is -0.139. The summed E-state index contributed by atoms with van der Waals surface area (Å²) in [4.78, 5) is 28.1. The van der Waals surface area contributed by atoms with Gasteiger partial charge in [-0.05, 0) is 35.7 Å². The monoisotopic (exact) mass is 509 g/mol. The van der Waals surface area contributed by atoms with E-state index < -0.39 is 17.4 Å². The van der Waals surface area contributed by atoms with E-state index in [9.17, 15) is 14.7 Å². The first kappa shape index (κ1) is 25.6. The van der Waals surface area contributed by atoms with Crippen LogP contribution in [0.5, 0.6) is 0 Å². The minimum atomic E-state index is -1.71. The lowest BCUT2D eigenvalue weighted by atomic mass is 9.83. The first-order valence-electron chi connectivity index (χ1n) is 12.9. The quantitative estimate of drug-likeness (QED) is 0.437. The third kappa shape index (κ3) is 4.66. The Morgan fingerprint density at radius 1 is 1.00 bits per heavy atom. The van der Waals surface area contributed by atoms with Gasteiger partial charge >= 0.3 is 0 Å². The van der Waals surface area contributed by atoms with Gasteiger partial charge in [0.1, 0.15) is 0 Å². The maximum Gasteiger partial charge on any atom is 0.264 e. The third-order valence-electron chi connectivity index (χ3n) is 7.19. The van der Waals surface area contributed by atoms with Gasteiger partial charge in [-0.3, -0.25) is 9.59 Å². The van der Waals surface area contributed by atoms with Crippen molar-refractivity contribution < 1.29 is 19.8 Å². The molecule has 3 aromatic rings. The summed E-state index contributed by atoms with van der Waals surface area (Å²) in [6, 6.07) is 24.6. The van der Waals surface area contributed by atoms with Crippen LogP contribution < -0.4 is 9.91 Å². The summed E-state index contributed by atoms with van der Waals surface area (Å²) < 4.78 is 0. The molecule has 2 heterocycles. The minimum Gasteiger partial charge on any atom is -0.396 e. The molecule has 2 aliphatic rings. The summed E-state index contributed by atoms with van der Waals surface area (Å²) in [6.07, 6.45) is 4.96. The SMILES string of the molecule is C[C@H](/C=C/CCO)[C@@]1(O)C(=O)N(Cc2cccc(N3N=C(c4ccccc4)CCC3=O)c2)c2ccccc21. The molecule has 0 saturated carbocycles. The molecule has 7 heteroatoms. The summed E-state index contributed by atoms with van der Waals surface area (Å²) in [5, 5.41) is 26.9. The first-order chi connectivity index (χ1) is 18.4. The van der Waals surface area contributed by atoms with Crippen molar-refractivity contribution in [1.82, 2.24) is 0 Å². The van der Waals surface area contributed by atoms with E-state index in [1.54, 1.807) is 30.0 Å². The molecule has 2 aliphatic heterocycles. The Labute approximate surface area is 222 Å². The Hall–Kier alpha value is -4.07. The first-order valence-corrected chi connectivity index (χ1v) is 12.9. The average molecular weight is 510 g/mol. The van der Waals surface area contributed by atoms with Gasteiger partial charge in [0.2, 0.25) is 5.91 Å². The van der Waals surface area contributed by atoms with Crippen molar-refractivity contribution in [1.29, 1.82) is 0 Å². The smallest absolute Gasteiger partial charge is 0.264 e. The molecule has 0 fully saturated rings. The number of hydrogen-bond donors (Lipinski definition) is 2. The molecule has 7 nitrogen and oxygen atoms in total. The molecule has 0 aliphatic carbocycles. The normalized spacial score (nSPS) is 20.1. The molecule has 2 N–H and O–H groups in total. The van der Waals surface area contributed by atoms with Gasteiger partial charge in [0, 0.05) is 30.9 Å². The number of benzene rings is 3. The van der Waals surface area contributed by atoms with Crippen molar-refractivity contribution in [3.63, 3.8) is 0 Å². The zero-order valence-corrected chi connectivity index (χ0v) is 21.3. The van der Waals surface area contributed by atoms with Crippen LogP contribution in [0.4, 0.5) is 11.4 Å². The maximum atomic E-state index is 13.7. The van der Waals surface area contributed by atoms with Crippen molar-refractivity contribution in [3.8, 4) is 0 Å². The Morgan fingerprint density at radius 3 is 2.55 bits per heavy atom. The summed E-state index contributed by atoms with van der Waals surface area (Å²) in [5.41, 5.74) is 2.80. The molecular formula is C31H31N3O4. The van der Waals surface area contributed by atoms with Crippen LogP contribution in [-0.2, 0) is 21.7 Å². The van der Waals surface area contributed by atoms with Crippen molar-refractivity contribution in [2.24, 2.45) is 11.0 Å². The zero-order chi connectivity index (χ0) is 26.7. The van der Waals surface area contributed by atoms with Gasteiger partial charge in [-0.1, -0.05) is 79.7 Å². The molecule has 2 amide bonds. The molecule has 3 aromatic carbocycles. The second-order valence-electron chi connectivity index (χ2n) is 9.69. The van der Waals surface area contributed by atoms with Crippen LogP contribution in [0.2, 0.25) is 0 Å². The molecule has 0 radical (unpaired) electrons. The molecule has 0 spiro atoms. The van der Waals surface area contributed by atoms with Crippen molar-refractivity contribution in [3.05, 3.63) is 108 Å². The molecule has 0 aromatic heterocycles. The number of hydrogen-bond acceptors (Lipinski definition) is 5. The van der Waals surface area contributed by atoms with Crippen LogP contribution >= 0.6 is 0 Å². The van der Waals surface area contributed by atoms with Crippen molar-refractivity contribution in [2.45, 2.75) is 38.3 Å². The fourth-order valence-electron chi connectivity index (χ4n) is 5.13. The van der Waals surface area contributed by atoms with Crippen LogP contribution in [0.15, 0.2) is 96.1 Å². The number of anilines is 2. The van der Waals surface area contributed by atoms with Gasteiger partial charge in [-0.2, -0.15) is 5.10 Å². The van der Waals surface area contributed by atoms with Gasteiger partial charge in [-0.15, -0.1) is 0 Å². The number of amides is 2. The molecule has 0 saturated heterocycles.